The fourth-order valence-electron chi connectivity index (χ4n) is 1.77. The number of hydrogen-bond donors (Lipinski definition) is 1. The van der Waals surface area contributed by atoms with E-state index in [0.717, 1.165) is 26.4 Å². The first-order valence-electron chi connectivity index (χ1n) is 4.77. The second-order valence-electron chi connectivity index (χ2n) is 3.82. The van der Waals surface area contributed by atoms with Gasteiger partial charge in [-0.15, -0.1) is 0 Å². The van der Waals surface area contributed by atoms with Gasteiger partial charge in [0.1, 0.15) is 0 Å². The molecule has 0 spiro atoms. The first-order valence-corrected chi connectivity index (χ1v) is 6.64. The summed E-state index contributed by atoms with van der Waals surface area (Å²) in [6, 6.07) is 5.86. The lowest BCUT2D eigenvalue weighted by atomic mass is 9.94. The fraction of sp³-hybridized carbons (Fsp3) is 0.364. The molecule has 1 aromatic carbocycles. The number of rotatable bonds is 3. The number of carboxylic acid groups (broad SMARTS) is 1. The summed E-state index contributed by atoms with van der Waals surface area (Å²) in [5.41, 5.74) is 0.914. The lowest BCUT2D eigenvalue weighted by Gasteiger charge is -2.13. The highest BCUT2D eigenvalue weighted by atomic mass is 127. The van der Waals surface area contributed by atoms with Gasteiger partial charge >= 0.3 is 5.97 Å². The van der Waals surface area contributed by atoms with E-state index in [-0.39, 0.29) is 5.92 Å². The normalized spacial score (nSPS) is 17.5. The Kier molecular flexibility index (Phi) is 3.35. The van der Waals surface area contributed by atoms with Crippen molar-refractivity contribution in [3.8, 4) is 0 Å². The molecule has 4 heteroatoms. The van der Waals surface area contributed by atoms with Crippen LogP contribution in [0.2, 0.25) is 0 Å². The lowest BCUT2D eigenvalue weighted by Crippen LogP contribution is -2.14. The van der Waals surface area contributed by atoms with E-state index in [9.17, 15) is 9.90 Å². The highest BCUT2D eigenvalue weighted by Gasteiger charge is 2.38. The minimum absolute atomic E-state index is 0.331. The standard InChI is InChI=1S/C11H10BrIO2/c12-9-4-3-7(13)5-8(9)10(11(14)15)6-1-2-6/h3-6,10H,1-2H2,(H,14,15). The average molecular weight is 381 g/mol. The number of carbonyl (C=O) groups is 1. The number of benzene rings is 1. The maximum Gasteiger partial charge on any atom is 0.311 e. The Morgan fingerprint density at radius 1 is 1.53 bits per heavy atom. The van der Waals surface area contributed by atoms with Crippen molar-refractivity contribution in [1.82, 2.24) is 0 Å². The Bertz CT molecular complexity index is 402. The van der Waals surface area contributed by atoms with Crippen LogP contribution in [0.15, 0.2) is 22.7 Å². The first-order chi connectivity index (χ1) is 7.09. The first kappa shape index (κ1) is 11.4. The van der Waals surface area contributed by atoms with Gasteiger partial charge in [0.05, 0.1) is 5.92 Å². The van der Waals surface area contributed by atoms with Crippen molar-refractivity contribution in [3.05, 3.63) is 31.8 Å². The number of aliphatic carboxylic acids is 1. The molecule has 15 heavy (non-hydrogen) atoms. The molecule has 0 amide bonds. The van der Waals surface area contributed by atoms with Crippen molar-refractivity contribution in [2.45, 2.75) is 18.8 Å². The van der Waals surface area contributed by atoms with Gasteiger partial charge in [0.15, 0.2) is 0 Å². The zero-order valence-electron chi connectivity index (χ0n) is 7.91. The molecule has 2 rings (SSSR count). The molecule has 0 aliphatic heterocycles. The van der Waals surface area contributed by atoms with Crippen molar-refractivity contribution >= 4 is 44.5 Å². The van der Waals surface area contributed by atoms with Gasteiger partial charge in [-0.05, 0) is 65.1 Å². The maximum atomic E-state index is 11.2. The molecule has 0 saturated heterocycles. The summed E-state index contributed by atoms with van der Waals surface area (Å²) in [6.07, 6.45) is 2.07. The van der Waals surface area contributed by atoms with E-state index in [4.69, 9.17) is 0 Å². The third kappa shape index (κ3) is 2.53. The van der Waals surface area contributed by atoms with Gasteiger partial charge in [-0.3, -0.25) is 4.79 Å². The topological polar surface area (TPSA) is 37.3 Å². The summed E-state index contributed by atoms with van der Waals surface area (Å²) in [7, 11) is 0. The molecule has 1 fully saturated rings. The third-order valence-electron chi connectivity index (χ3n) is 2.65. The molecule has 80 valence electrons. The average Bonchev–Trinajstić information content (AvgIpc) is 2.95. The molecule has 1 saturated carbocycles. The van der Waals surface area contributed by atoms with E-state index in [2.05, 4.69) is 38.5 Å². The summed E-state index contributed by atoms with van der Waals surface area (Å²) >= 11 is 5.64. The van der Waals surface area contributed by atoms with Crippen LogP contribution in [-0.2, 0) is 4.79 Å². The SMILES string of the molecule is O=C(O)C(c1cc(I)ccc1Br)C1CC1. The molecule has 0 aromatic heterocycles. The van der Waals surface area contributed by atoms with Crippen molar-refractivity contribution in [1.29, 1.82) is 0 Å². The highest BCUT2D eigenvalue weighted by molar-refractivity contribution is 14.1. The van der Waals surface area contributed by atoms with E-state index in [1.54, 1.807) is 0 Å². The smallest absolute Gasteiger partial charge is 0.311 e. The van der Waals surface area contributed by atoms with Gasteiger partial charge < -0.3 is 5.11 Å². The molecule has 1 aliphatic carbocycles. The van der Waals surface area contributed by atoms with Crippen LogP contribution in [-0.4, -0.2) is 11.1 Å². The summed E-state index contributed by atoms with van der Waals surface area (Å²) in [5.74, 6) is -0.716. The fourth-order valence-corrected chi connectivity index (χ4v) is 2.78. The summed E-state index contributed by atoms with van der Waals surface area (Å²) < 4.78 is 1.99. The molecule has 1 N–H and O–H groups in total. The highest BCUT2D eigenvalue weighted by Crippen LogP contribution is 2.44. The molecular formula is C11H10BrIO2. The van der Waals surface area contributed by atoms with E-state index in [0.29, 0.717) is 5.92 Å². The molecule has 1 unspecified atom stereocenters. The minimum atomic E-state index is -0.708. The monoisotopic (exact) mass is 380 g/mol. The molecule has 0 heterocycles. The number of hydrogen-bond acceptors (Lipinski definition) is 1. The molecule has 1 aliphatic rings. The molecule has 1 aromatic rings. The summed E-state index contributed by atoms with van der Waals surface area (Å²) in [5, 5.41) is 9.23. The van der Waals surface area contributed by atoms with Crippen LogP contribution < -0.4 is 0 Å². The number of halogens is 2. The largest absolute Gasteiger partial charge is 0.481 e. The van der Waals surface area contributed by atoms with Gasteiger partial charge in [0.25, 0.3) is 0 Å². The summed E-state index contributed by atoms with van der Waals surface area (Å²) in [6.45, 7) is 0. The Morgan fingerprint density at radius 3 is 2.73 bits per heavy atom. The second kappa shape index (κ2) is 4.41. The van der Waals surface area contributed by atoms with Gasteiger partial charge in [-0.1, -0.05) is 15.9 Å². The van der Waals surface area contributed by atoms with Crippen molar-refractivity contribution in [2.75, 3.05) is 0 Å². The zero-order chi connectivity index (χ0) is 11.0. The van der Waals surface area contributed by atoms with Crippen LogP contribution in [0, 0.1) is 9.49 Å². The second-order valence-corrected chi connectivity index (χ2v) is 5.92. The van der Waals surface area contributed by atoms with Crippen molar-refractivity contribution in [3.63, 3.8) is 0 Å². The molecule has 0 radical (unpaired) electrons. The van der Waals surface area contributed by atoms with E-state index < -0.39 is 5.97 Å². The Hall–Kier alpha value is -0.100. The van der Waals surface area contributed by atoms with Gasteiger partial charge in [0, 0.05) is 8.04 Å². The molecular weight excluding hydrogens is 371 g/mol. The maximum absolute atomic E-state index is 11.2. The van der Waals surface area contributed by atoms with Crippen LogP contribution in [0.25, 0.3) is 0 Å². The van der Waals surface area contributed by atoms with E-state index in [1.807, 2.05) is 18.2 Å². The molecule has 0 bridgehead atoms. The van der Waals surface area contributed by atoms with Crippen LogP contribution in [0.4, 0.5) is 0 Å². The number of carboxylic acids is 1. The summed E-state index contributed by atoms with van der Waals surface area (Å²) in [4.78, 5) is 11.2. The molecule has 2 nitrogen and oxygen atoms in total. The van der Waals surface area contributed by atoms with Crippen LogP contribution in [0.5, 0.6) is 0 Å². The van der Waals surface area contributed by atoms with Crippen molar-refractivity contribution < 1.29 is 9.90 Å². The van der Waals surface area contributed by atoms with Gasteiger partial charge in [0.2, 0.25) is 0 Å². The van der Waals surface area contributed by atoms with Crippen LogP contribution in [0.1, 0.15) is 24.3 Å². The van der Waals surface area contributed by atoms with Gasteiger partial charge in [-0.2, -0.15) is 0 Å². The Balaban J connectivity index is 2.40. The quantitative estimate of drug-likeness (QED) is 0.813. The Labute approximate surface area is 110 Å². The predicted molar refractivity (Wildman–Crippen MR) is 70.0 cm³/mol. The Morgan fingerprint density at radius 2 is 2.20 bits per heavy atom. The third-order valence-corrected chi connectivity index (χ3v) is 4.05. The van der Waals surface area contributed by atoms with Crippen LogP contribution >= 0.6 is 38.5 Å². The van der Waals surface area contributed by atoms with Gasteiger partial charge in [-0.25, -0.2) is 0 Å². The zero-order valence-corrected chi connectivity index (χ0v) is 11.7. The van der Waals surface area contributed by atoms with E-state index in [1.165, 1.54) is 0 Å². The van der Waals surface area contributed by atoms with Crippen LogP contribution in [0.3, 0.4) is 0 Å². The molecule has 1 atom stereocenters. The predicted octanol–water partition coefficient (Wildman–Crippen LogP) is 3.63. The lowest BCUT2D eigenvalue weighted by molar-refractivity contribution is -0.139. The van der Waals surface area contributed by atoms with Crippen molar-refractivity contribution in [2.24, 2.45) is 5.92 Å². The van der Waals surface area contributed by atoms with E-state index >= 15 is 0 Å². The minimum Gasteiger partial charge on any atom is -0.481 e.